The van der Waals surface area contributed by atoms with Crippen LogP contribution in [-0.4, -0.2) is 30.1 Å². The Kier molecular flexibility index (Phi) is 5.70. The summed E-state index contributed by atoms with van der Waals surface area (Å²) in [4.78, 5) is 2.76. The lowest BCUT2D eigenvalue weighted by Crippen LogP contribution is -2.55. The van der Waals surface area contributed by atoms with Crippen molar-refractivity contribution in [2.24, 2.45) is 17.6 Å². The van der Waals surface area contributed by atoms with E-state index in [1.807, 2.05) is 0 Å². The van der Waals surface area contributed by atoms with Crippen LogP contribution in [0.2, 0.25) is 0 Å². The smallest absolute Gasteiger partial charge is 0.0331 e. The Morgan fingerprint density at radius 2 is 1.74 bits per heavy atom. The highest BCUT2D eigenvalue weighted by Crippen LogP contribution is 2.37. The van der Waals surface area contributed by atoms with E-state index in [2.05, 4.69) is 18.7 Å². The molecule has 0 aliphatic heterocycles. The molecule has 2 nitrogen and oxygen atoms in total. The van der Waals surface area contributed by atoms with Crippen LogP contribution < -0.4 is 5.73 Å². The molecule has 2 atom stereocenters. The third kappa shape index (κ3) is 3.52. The first-order valence-electron chi connectivity index (χ1n) is 8.69. The molecule has 0 heterocycles. The van der Waals surface area contributed by atoms with E-state index in [1.54, 1.807) is 0 Å². The predicted molar refractivity (Wildman–Crippen MR) is 83.2 cm³/mol. The van der Waals surface area contributed by atoms with Crippen LogP contribution in [0, 0.1) is 11.8 Å². The Morgan fingerprint density at radius 1 is 1.00 bits per heavy atom. The third-order valence-electron chi connectivity index (χ3n) is 5.99. The summed E-state index contributed by atoms with van der Waals surface area (Å²) < 4.78 is 0. The van der Waals surface area contributed by atoms with Gasteiger partial charge in [0.05, 0.1) is 0 Å². The van der Waals surface area contributed by atoms with Crippen LogP contribution in [0.1, 0.15) is 71.6 Å². The van der Waals surface area contributed by atoms with Crippen LogP contribution in [0.5, 0.6) is 0 Å². The number of nitrogens with zero attached hydrogens (tertiary/aromatic N) is 1. The SMILES string of the molecule is CCC1CCCC(CN)(N(CC)CC2CCC2)CC1. The van der Waals surface area contributed by atoms with Gasteiger partial charge in [-0.05, 0) is 50.5 Å². The van der Waals surface area contributed by atoms with Crippen molar-refractivity contribution >= 4 is 0 Å². The van der Waals surface area contributed by atoms with Gasteiger partial charge in [-0.2, -0.15) is 0 Å². The molecule has 112 valence electrons. The van der Waals surface area contributed by atoms with Crippen LogP contribution in [0.4, 0.5) is 0 Å². The second kappa shape index (κ2) is 7.08. The minimum absolute atomic E-state index is 0.328. The van der Waals surface area contributed by atoms with E-state index in [0.29, 0.717) is 5.54 Å². The molecule has 0 aromatic rings. The van der Waals surface area contributed by atoms with E-state index < -0.39 is 0 Å². The summed E-state index contributed by atoms with van der Waals surface area (Å²) in [6.07, 6.45) is 12.6. The minimum Gasteiger partial charge on any atom is -0.329 e. The molecule has 0 saturated heterocycles. The fourth-order valence-corrected chi connectivity index (χ4v) is 4.16. The van der Waals surface area contributed by atoms with Crippen molar-refractivity contribution in [2.45, 2.75) is 77.2 Å². The van der Waals surface area contributed by atoms with Crippen molar-refractivity contribution in [1.82, 2.24) is 4.90 Å². The lowest BCUT2D eigenvalue weighted by molar-refractivity contribution is 0.0502. The second-order valence-corrected chi connectivity index (χ2v) is 6.97. The number of likely N-dealkylation sites (N-methyl/N-ethyl adjacent to an activating group) is 1. The van der Waals surface area contributed by atoms with E-state index in [4.69, 9.17) is 5.73 Å². The lowest BCUT2D eigenvalue weighted by atomic mass is 9.81. The van der Waals surface area contributed by atoms with Crippen molar-refractivity contribution < 1.29 is 0 Å². The summed E-state index contributed by atoms with van der Waals surface area (Å²) in [6, 6.07) is 0. The molecule has 0 spiro atoms. The van der Waals surface area contributed by atoms with Gasteiger partial charge in [-0.15, -0.1) is 0 Å². The van der Waals surface area contributed by atoms with Crippen LogP contribution in [0.25, 0.3) is 0 Å². The quantitative estimate of drug-likeness (QED) is 0.741. The van der Waals surface area contributed by atoms with Crippen molar-refractivity contribution in [3.05, 3.63) is 0 Å². The topological polar surface area (TPSA) is 29.3 Å². The van der Waals surface area contributed by atoms with Crippen molar-refractivity contribution in [3.63, 3.8) is 0 Å². The first-order valence-corrected chi connectivity index (χ1v) is 8.69. The van der Waals surface area contributed by atoms with Crippen molar-refractivity contribution in [2.75, 3.05) is 19.6 Å². The number of hydrogen-bond donors (Lipinski definition) is 1. The van der Waals surface area contributed by atoms with E-state index >= 15 is 0 Å². The fourth-order valence-electron chi connectivity index (χ4n) is 4.16. The van der Waals surface area contributed by atoms with Gasteiger partial charge in [0.25, 0.3) is 0 Å². The average molecular weight is 266 g/mol. The van der Waals surface area contributed by atoms with Crippen molar-refractivity contribution in [1.29, 1.82) is 0 Å². The van der Waals surface area contributed by atoms with E-state index in [0.717, 1.165) is 18.4 Å². The monoisotopic (exact) mass is 266 g/mol. The summed E-state index contributed by atoms with van der Waals surface area (Å²) in [6.45, 7) is 8.04. The lowest BCUT2D eigenvalue weighted by Gasteiger charge is -2.46. The van der Waals surface area contributed by atoms with Crippen LogP contribution in [0.3, 0.4) is 0 Å². The summed E-state index contributed by atoms with van der Waals surface area (Å²) >= 11 is 0. The highest BCUT2D eigenvalue weighted by Gasteiger charge is 2.37. The van der Waals surface area contributed by atoms with E-state index in [-0.39, 0.29) is 0 Å². The molecule has 2 aliphatic rings. The average Bonchev–Trinajstić information content (AvgIpc) is 2.60. The minimum atomic E-state index is 0.328. The first kappa shape index (κ1) is 15.3. The third-order valence-corrected chi connectivity index (χ3v) is 5.99. The second-order valence-electron chi connectivity index (χ2n) is 6.97. The molecular formula is C17H34N2. The predicted octanol–water partition coefficient (Wildman–Crippen LogP) is 3.80. The summed E-state index contributed by atoms with van der Waals surface area (Å²) in [7, 11) is 0. The Morgan fingerprint density at radius 3 is 2.26 bits per heavy atom. The summed E-state index contributed by atoms with van der Waals surface area (Å²) in [5, 5.41) is 0. The Hall–Kier alpha value is -0.0800. The largest absolute Gasteiger partial charge is 0.329 e. The highest BCUT2D eigenvalue weighted by molar-refractivity contribution is 4.95. The molecule has 0 aromatic carbocycles. The molecule has 19 heavy (non-hydrogen) atoms. The standard InChI is InChI=1S/C17H34N2/c1-3-15-9-6-11-17(14-18,12-10-15)19(4-2)13-16-7-5-8-16/h15-16H,3-14,18H2,1-2H3. The molecule has 2 aliphatic carbocycles. The summed E-state index contributed by atoms with van der Waals surface area (Å²) in [5.74, 6) is 1.92. The maximum atomic E-state index is 6.26. The van der Waals surface area contributed by atoms with Gasteiger partial charge >= 0.3 is 0 Å². The molecule has 0 aromatic heterocycles. The van der Waals surface area contributed by atoms with Gasteiger partial charge in [-0.1, -0.05) is 39.5 Å². The number of nitrogens with two attached hydrogens (primary N) is 1. The van der Waals surface area contributed by atoms with E-state index in [1.165, 1.54) is 70.9 Å². The van der Waals surface area contributed by atoms with Gasteiger partial charge in [0.1, 0.15) is 0 Å². The maximum Gasteiger partial charge on any atom is 0.0331 e. The molecule has 0 radical (unpaired) electrons. The van der Waals surface area contributed by atoms with Gasteiger partial charge in [-0.3, -0.25) is 4.90 Å². The molecule has 0 bridgehead atoms. The van der Waals surface area contributed by atoms with Crippen molar-refractivity contribution in [3.8, 4) is 0 Å². The van der Waals surface area contributed by atoms with Gasteiger partial charge in [0.15, 0.2) is 0 Å². The molecule has 0 amide bonds. The van der Waals surface area contributed by atoms with Crippen LogP contribution in [0.15, 0.2) is 0 Å². The van der Waals surface area contributed by atoms with Gasteiger partial charge in [0, 0.05) is 18.6 Å². The highest BCUT2D eigenvalue weighted by atomic mass is 15.2. The number of hydrogen-bond acceptors (Lipinski definition) is 2. The maximum absolute atomic E-state index is 6.26. The zero-order valence-corrected chi connectivity index (χ0v) is 13.2. The number of rotatable bonds is 6. The molecule has 2 saturated carbocycles. The molecule has 2 rings (SSSR count). The van der Waals surface area contributed by atoms with Gasteiger partial charge in [0.2, 0.25) is 0 Å². The first-order chi connectivity index (χ1) is 9.24. The van der Waals surface area contributed by atoms with Crippen LogP contribution >= 0.6 is 0 Å². The van der Waals surface area contributed by atoms with Gasteiger partial charge in [-0.25, -0.2) is 0 Å². The van der Waals surface area contributed by atoms with Gasteiger partial charge < -0.3 is 5.73 Å². The Balaban J connectivity index is 2.00. The molecule has 2 unspecified atom stereocenters. The molecule has 2 heteroatoms. The fraction of sp³-hybridized carbons (Fsp3) is 1.00. The molecular weight excluding hydrogens is 232 g/mol. The summed E-state index contributed by atoms with van der Waals surface area (Å²) in [5.41, 5.74) is 6.59. The zero-order valence-electron chi connectivity index (χ0n) is 13.2. The Bertz CT molecular complexity index is 262. The van der Waals surface area contributed by atoms with E-state index in [9.17, 15) is 0 Å². The normalized spacial score (nSPS) is 33.2. The zero-order chi connectivity index (χ0) is 13.7. The molecule has 2 N–H and O–H groups in total. The molecule has 2 fully saturated rings. The Labute approximate surface area is 120 Å². The van der Waals surface area contributed by atoms with Crippen LogP contribution in [-0.2, 0) is 0 Å².